The summed E-state index contributed by atoms with van der Waals surface area (Å²) in [6.45, 7) is 2.16. The monoisotopic (exact) mass is 285 g/mol. The van der Waals surface area contributed by atoms with Crippen molar-refractivity contribution in [2.24, 2.45) is 0 Å². The van der Waals surface area contributed by atoms with Gasteiger partial charge in [0, 0.05) is 5.56 Å². The van der Waals surface area contributed by atoms with Crippen LogP contribution in [0, 0.1) is 6.92 Å². The topological polar surface area (TPSA) is 107 Å². The zero-order chi connectivity index (χ0) is 14.8. The minimum Gasteiger partial charge on any atom is -0.476 e. The summed E-state index contributed by atoms with van der Waals surface area (Å²) in [5.41, 5.74) is 1.86. The van der Waals surface area contributed by atoms with E-state index in [2.05, 4.69) is 20.5 Å². The summed E-state index contributed by atoms with van der Waals surface area (Å²) in [5, 5.41) is 19.9. The zero-order valence-corrected chi connectivity index (χ0v) is 11.1. The van der Waals surface area contributed by atoms with Gasteiger partial charge in [-0.1, -0.05) is 40.2 Å². The Morgan fingerprint density at radius 3 is 2.76 bits per heavy atom. The molecule has 0 bridgehead atoms. The van der Waals surface area contributed by atoms with Crippen LogP contribution in [0.3, 0.4) is 0 Å². The largest absolute Gasteiger partial charge is 0.476 e. The van der Waals surface area contributed by atoms with Gasteiger partial charge >= 0.3 is 5.97 Å². The standard InChI is InChI=1S/C13H11N5O3/c1-8-2-4-9(5-3-8)12-14-11(21-16-12)7-18-6-10(13(19)20)15-17-18/h2-6H,7H2,1H3,(H,19,20). The lowest BCUT2D eigenvalue weighted by atomic mass is 10.1. The number of benzene rings is 1. The number of carbonyl (C=O) groups is 1. The molecule has 2 aromatic heterocycles. The van der Waals surface area contributed by atoms with E-state index in [1.165, 1.54) is 10.9 Å². The Balaban J connectivity index is 1.78. The molecule has 0 aliphatic carbocycles. The quantitative estimate of drug-likeness (QED) is 0.771. The van der Waals surface area contributed by atoms with Crippen LogP contribution in [0.4, 0.5) is 0 Å². The molecule has 1 aromatic carbocycles. The highest BCUT2D eigenvalue weighted by Gasteiger charge is 2.12. The Hall–Kier alpha value is -3.03. The summed E-state index contributed by atoms with van der Waals surface area (Å²) in [6, 6.07) is 7.73. The van der Waals surface area contributed by atoms with Crippen LogP contribution in [-0.2, 0) is 6.54 Å². The van der Waals surface area contributed by atoms with Gasteiger partial charge in [-0.3, -0.25) is 0 Å². The van der Waals surface area contributed by atoms with Crippen LogP contribution in [-0.4, -0.2) is 36.2 Å². The van der Waals surface area contributed by atoms with Gasteiger partial charge in [-0.15, -0.1) is 5.10 Å². The molecule has 21 heavy (non-hydrogen) atoms. The lowest BCUT2D eigenvalue weighted by molar-refractivity contribution is 0.0690. The van der Waals surface area contributed by atoms with Crippen molar-refractivity contribution in [2.45, 2.75) is 13.5 Å². The molecule has 2 heterocycles. The molecule has 0 spiro atoms. The molecule has 0 unspecified atom stereocenters. The van der Waals surface area contributed by atoms with E-state index in [9.17, 15) is 4.79 Å². The summed E-state index contributed by atoms with van der Waals surface area (Å²) in [5.74, 6) is -0.330. The number of aryl methyl sites for hydroxylation is 1. The van der Waals surface area contributed by atoms with Gasteiger partial charge in [0.25, 0.3) is 0 Å². The number of hydrogen-bond donors (Lipinski definition) is 1. The van der Waals surface area contributed by atoms with Gasteiger partial charge < -0.3 is 9.63 Å². The molecule has 8 heteroatoms. The second kappa shape index (κ2) is 5.16. The van der Waals surface area contributed by atoms with Crippen LogP contribution in [0.25, 0.3) is 11.4 Å². The number of aromatic nitrogens is 5. The van der Waals surface area contributed by atoms with Crippen LogP contribution in [0.2, 0.25) is 0 Å². The average molecular weight is 285 g/mol. The summed E-state index contributed by atoms with van der Waals surface area (Å²) in [6.07, 6.45) is 1.30. The third-order valence-corrected chi connectivity index (χ3v) is 2.83. The molecule has 0 fully saturated rings. The molecule has 106 valence electrons. The van der Waals surface area contributed by atoms with Crippen LogP contribution in [0.1, 0.15) is 21.9 Å². The summed E-state index contributed by atoms with van der Waals surface area (Å²) in [7, 11) is 0. The maximum absolute atomic E-state index is 10.7. The molecule has 0 aliphatic heterocycles. The summed E-state index contributed by atoms with van der Waals surface area (Å²) >= 11 is 0. The van der Waals surface area contributed by atoms with Crippen molar-refractivity contribution in [3.63, 3.8) is 0 Å². The van der Waals surface area contributed by atoms with Crippen LogP contribution in [0.5, 0.6) is 0 Å². The maximum Gasteiger partial charge on any atom is 0.358 e. The Kier molecular flexibility index (Phi) is 3.19. The third-order valence-electron chi connectivity index (χ3n) is 2.83. The normalized spacial score (nSPS) is 10.7. The minimum atomic E-state index is -1.13. The molecule has 0 amide bonds. The molecule has 0 aliphatic rings. The van der Waals surface area contributed by atoms with E-state index in [0.717, 1.165) is 11.1 Å². The van der Waals surface area contributed by atoms with Gasteiger partial charge in [-0.2, -0.15) is 4.98 Å². The fourth-order valence-electron chi connectivity index (χ4n) is 1.75. The number of carboxylic acids is 1. The summed E-state index contributed by atoms with van der Waals surface area (Å²) in [4.78, 5) is 15.0. The lowest BCUT2D eigenvalue weighted by Gasteiger charge is -1.94. The van der Waals surface area contributed by atoms with Crippen molar-refractivity contribution in [3.8, 4) is 11.4 Å². The maximum atomic E-state index is 10.7. The van der Waals surface area contributed by atoms with Crippen LogP contribution < -0.4 is 0 Å². The van der Waals surface area contributed by atoms with E-state index in [-0.39, 0.29) is 12.2 Å². The molecule has 0 saturated heterocycles. The van der Waals surface area contributed by atoms with Gasteiger partial charge in [0.05, 0.1) is 6.20 Å². The lowest BCUT2D eigenvalue weighted by Crippen LogP contribution is -2.01. The molecular weight excluding hydrogens is 274 g/mol. The van der Waals surface area contributed by atoms with Crippen molar-refractivity contribution in [1.29, 1.82) is 0 Å². The van der Waals surface area contributed by atoms with Crippen LogP contribution >= 0.6 is 0 Å². The first-order valence-corrected chi connectivity index (χ1v) is 6.15. The molecule has 0 atom stereocenters. The van der Waals surface area contributed by atoms with Crippen molar-refractivity contribution >= 4 is 5.97 Å². The minimum absolute atomic E-state index is 0.131. The van der Waals surface area contributed by atoms with Gasteiger partial charge in [0.2, 0.25) is 11.7 Å². The van der Waals surface area contributed by atoms with E-state index in [1.807, 2.05) is 31.2 Å². The molecule has 3 rings (SSSR count). The predicted octanol–water partition coefficient (Wildman–Crippen LogP) is 1.38. The van der Waals surface area contributed by atoms with Gasteiger partial charge in [0.15, 0.2) is 5.69 Å². The first-order chi connectivity index (χ1) is 10.1. The third kappa shape index (κ3) is 2.78. The predicted molar refractivity (Wildman–Crippen MR) is 70.6 cm³/mol. The molecule has 0 radical (unpaired) electrons. The van der Waals surface area contributed by atoms with E-state index >= 15 is 0 Å². The Labute approximate surface area is 119 Å². The average Bonchev–Trinajstić information content (AvgIpc) is 3.10. The Bertz CT molecular complexity index is 775. The molecule has 3 aromatic rings. The SMILES string of the molecule is Cc1ccc(-c2noc(Cn3cc(C(=O)O)nn3)n2)cc1. The van der Waals surface area contributed by atoms with Gasteiger partial charge in [-0.05, 0) is 6.92 Å². The van der Waals surface area contributed by atoms with E-state index < -0.39 is 5.97 Å². The number of hydrogen-bond acceptors (Lipinski definition) is 6. The van der Waals surface area contributed by atoms with E-state index in [1.54, 1.807) is 0 Å². The molecule has 0 saturated carbocycles. The Morgan fingerprint density at radius 1 is 1.33 bits per heavy atom. The van der Waals surface area contributed by atoms with E-state index in [0.29, 0.717) is 11.7 Å². The molecule has 1 N–H and O–H groups in total. The van der Waals surface area contributed by atoms with Crippen molar-refractivity contribution in [2.75, 3.05) is 0 Å². The van der Waals surface area contributed by atoms with Crippen molar-refractivity contribution in [3.05, 3.63) is 47.6 Å². The number of nitrogens with zero attached hydrogens (tertiary/aromatic N) is 5. The highest BCUT2D eigenvalue weighted by atomic mass is 16.5. The fraction of sp³-hybridized carbons (Fsp3) is 0.154. The van der Waals surface area contributed by atoms with Gasteiger partial charge in [-0.25, -0.2) is 9.48 Å². The highest BCUT2D eigenvalue weighted by Crippen LogP contribution is 2.16. The second-order valence-electron chi connectivity index (χ2n) is 4.48. The van der Waals surface area contributed by atoms with E-state index in [4.69, 9.17) is 9.63 Å². The first kappa shape index (κ1) is 13.0. The Morgan fingerprint density at radius 2 is 2.10 bits per heavy atom. The van der Waals surface area contributed by atoms with Gasteiger partial charge in [0.1, 0.15) is 6.54 Å². The smallest absolute Gasteiger partial charge is 0.358 e. The molecular formula is C13H11N5O3. The number of carboxylic acid groups (broad SMARTS) is 1. The zero-order valence-electron chi connectivity index (χ0n) is 11.1. The van der Waals surface area contributed by atoms with Crippen molar-refractivity contribution in [1.82, 2.24) is 25.1 Å². The summed E-state index contributed by atoms with van der Waals surface area (Å²) < 4.78 is 6.46. The fourth-order valence-corrected chi connectivity index (χ4v) is 1.75. The van der Waals surface area contributed by atoms with Crippen LogP contribution in [0.15, 0.2) is 35.0 Å². The number of rotatable bonds is 4. The number of aromatic carboxylic acids is 1. The first-order valence-electron chi connectivity index (χ1n) is 6.15. The second-order valence-corrected chi connectivity index (χ2v) is 4.48. The van der Waals surface area contributed by atoms with Crippen molar-refractivity contribution < 1.29 is 14.4 Å². The molecule has 8 nitrogen and oxygen atoms in total. The highest BCUT2D eigenvalue weighted by molar-refractivity contribution is 5.84.